The molecule has 2 aromatic rings. The van der Waals surface area contributed by atoms with E-state index in [0.717, 1.165) is 30.8 Å². The molecule has 0 aliphatic rings. The molecule has 0 aliphatic heterocycles. The first-order valence-electron chi connectivity index (χ1n) is 11.0. The van der Waals surface area contributed by atoms with Crippen LogP contribution in [0.3, 0.4) is 0 Å². The Hall–Kier alpha value is -2.86. The lowest BCUT2D eigenvalue weighted by Crippen LogP contribution is -2.49. The summed E-state index contributed by atoms with van der Waals surface area (Å²) in [7, 11) is 0. The third kappa shape index (κ3) is 8.06. The van der Waals surface area contributed by atoms with Gasteiger partial charge < -0.3 is 15.4 Å². The summed E-state index contributed by atoms with van der Waals surface area (Å²) in [5.74, 6) is -0.292. The molecule has 0 heterocycles. The summed E-state index contributed by atoms with van der Waals surface area (Å²) in [6, 6.07) is 16.9. The molecule has 0 unspecified atom stereocenters. The normalized spacial score (nSPS) is 11.9. The van der Waals surface area contributed by atoms with Crippen LogP contribution in [-0.2, 0) is 29.2 Å². The van der Waals surface area contributed by atoms with E-state index in [1.807, 2.05) is 62.4 Å². The second-order valence-electron chi connectivity index (χ2n) is 7.88. The van der Waals surface area contributed by atoms with Crippen LogP contribution >= 0.6 is 0 Å². The van der Waals surface area contributed by atoms with E-state index in [9.17, 15) is 9.59 Å². The van der Waals surface area contributed by atoms with Crippen LogP contribution in [0.1, 0.15) is 44.4 Å². The van der Waals surface area contributed by atoms with Gasteiger partial charge >= 0.3 is 6.09 Å². The van der Waals surface area contributed by atoms with Gasteiger partial charge in [0.25, 0.3) is 0 Å². The van der Waals surface area contributed by atoms with Crippen LogP contribution < -0.4 is 10.6 Å². The van der Waals surface area contributed by atoms with E-state index in [-0.39, 0.29) is 18.4 Å². The highest BCUT2D eigenvalue weighted by molar-refractivity contribution is 5.85. The molecule has 1 atom stereocenters. The molecule has 2 rings (SSSR count). The lowest BCUT2D eigenvalue weighted by molar-refractivity contribution is -0.124. The number of hydrogen-bond donors (Lipinski definition) is 2. The van der Waals surface area contributed by atoms with Crippen LogP contribution in [0.5, 0.6) is 0 Å². The summed E-state index contributed by atoms with van der Waals surface area (Å²) in [6.07, 6.45) is -0.598. The minimum Gasteiger partial charge on any atom is -0.445 e. The SMILES string of the molecule is CCN(CC)Cc1ccccc1CNC(=O)[C@@H](NC(=O)OCc1ccccc1)C(C)C. The Labute approximate surface area is 186 Å². The topological polar surface area (TPSA) is 70.7 Å². The van der Waals surface area contributed by atoms with Crippen molar-refractivity contribution >= 4 is 12.0 Å². The first-order valence-corrected chi connectivity index (χ1v) is 11.0. The summed E-state index contributed by atoms with van der Waals surface area (Å²) < 4.78 is 5.27. The number of carbonyl (C=O) groups is 2. The van der Waals surface area contributed by atoms with Crippen molar-refractivity contribution < 1.29 is 14.3 Å². The Morgan fingerprint density at radius 2 is 1.55 bits per heavy atom. The second-order valence-corrected chi connectivity index (χ2v) is 7.88. The van der Waals surface area contributed by atoms with Gasteiger partial charge in [0, 0.05) is 13.1 Å². The number of ether oxygens (including phenoxy) is 1. The number of hydrogen-bond acceptors (Lipinski definition) is 4. The van der Waals surface area contributed by atoms with Crippen molar-refractivity contribution in [1.29, 1.82) is 0 Å². The molecule has 6 nitrogen and oxygen atoms in total. The number of rotatable bonds is 11. The quantitative estimate of drug-likeness (QED) is 0.569. The molecule has 0 saturated heterocycles. The van der Waals surface area contributed by atoms with Crippen molar-refractivity contribution in [3.8, 4) is 0 Å². The summed E-state index contributed by atoms with van der Waals surface area (Å²) in [5, 5.41) is 5.69. The number of nitrogens with zero attached hydrogens (tertiary/aromatic N) is 1. The van der Waals surface area contributed by atoms with Crippen LogP contribution in [-0.4, -0.2) is 36.0 Å². The van der Waals surface area contributed by atoms with E-state index in [2.05, 4.69) is 35.4 Å². The van der Waals surface area contributed by atoms with Gasteiger partial charge in [0.1, 0.15) is 12.6 Å². The van der Waals surface area contributed by atoms with Crippen LogP contribution in [0.4, 0.5) is 4.79 Å². The number of alkyl carbamates (subject to hydrolysis) is 1. The zero-order valence-electron chi connectivity index (χ0n) is 19.1. The molecule has 0 spiro atoms. The fourth-order valence-corrected chi connectivity index (χ4v) is 3.29. The molecule has 31 heavy (non-hydrogen) atoms. The van der Waals surface area contributed by atoms with Gasteiger partial charge in [-0.3, -0.25) is 9.69 Å². The largest absolute Gasteiger partial charge is 0.445 e. The second kappa shape index (κ2) is 12.7. The molecule has 168 valence electrons. The maximum atomic E-state index is 12.8. The Kier molecular flexibility index (Phi) is 10.0. The van der Waals surface area contributed by atoms with Crippen molar-refractivity contribution in [2.75, 3.05) is 13.1 Å². The predicted octanol–water partition coefficient (Wildman–Crippen LogP) is 4.10. The van der Waals surface area contributed by atoms with Gasteiger partial charge in [-0.1, -0.05) is 82.3 Å². The molecule has 6 heteroatoms. The molecule has 2 aromatic carbocycles. The predicted molar refractivity (Wildman–Crippen MR) is 123 cm³/mol. The van der Waals surface area contributed by atoms with E-state index < -0.39 is 12.1 Å². The maximum Gasteiger partial charge on any atom is 0.408 e. The van der Waals surface area contributed by atoms with Crippen molar-refractivity contribution in [3.63, 3.8) is 0 Å². The highest BCUT2D eigenvalue weighted by Gasteiger charge is 2.25. The lowest BCUT2D eigenvalue weighted by Gasteiger charge is -2.23. The lowest BCUT2D eigenvalue weighted by atomic mass is 10.0. The summed E-state index contributed by atoms with van der Waals surface area (Å²) in [4.78, 5) is 27.4. The molecule has 0 saturated carbocycles. The van der Waals surface area contributed by atoms with Gasteiger partial charge in [-0.2, -0.15) is 0 Å². The maximum absolute atomic E-state index is 12.8. The zero-order valence-corrected chi connectivity index (χ0v) is 19.1. The average molecular weight is 426 g/mol. The van der Waals surface area contributed by atoms with Gasteiger partial charge in [0.2, 0.25) is 5.91 Å². The zero-order chi connectivity index (χ0) is 22.6. The van der Waals surface area contributed by atoms with Crippen molar-refractivity contribution in [1.82, 2.24) is 15.5 Å². The molecule has 0 aromatic heterocycles. The van der Waals surface area contributed by atoms with Gasteiger partial charge in [0.05, 0.1) is 0 Å². The van der Waals surface area contributed by atoms with E-state index in [4.69, 9.17) is 4.74 Å². The number of amides is 2. The molecular weight excluding hydrogens is 390 g/mol. The summed E-state index contributed by atoms with van der Waals surface area (Å²) in [5.41, 5.74) is 3.17. The van der Waals surface area contributed by atoms with Crippen molar-refractivity contribution in [2.45, 2.75) is 53.4 Å². The molecule has 0 fully saturated rings. The monoisotopic (exact) mass is 425 g/mol. The van der Waals surface area contributed by atoms with E-state index in [1.54, 1.807) is 0 Å². The fourth-order valence-electron chi connectivity index (χ4n) is 3.29. The highest BCUT2D eigenvalue weighted by atomic mass is 16.5. The van der Waals surface area contributed by atoms with Crippen LogP contribution in [0.2, 0.25) is 0 Å². The molecule has 2 N–H and O–H groups in total. The van der Waals surface area contributed by atoms with Crippen LogP contribution in [0.15, 0.2) is 54.6 Å². The third-order valence-electron chi connectivity index (χ3n) is 5.30. The summed E-state index contributed by atoms with van der Waals surface area (Å²) in [6.45, 7) is 11.5. The van der Waals surface area contributed by atoms with Crippen molar-refractivity contribution in [3.05, 3.63) is 71.3 Å². The van der Waals surface area contributed by atoms with Gasteiger partial charge in [-0.05, 0) is 35.7 Å². The van der Waals surface area contributed by atoms with Crippen LogP contribution in [0, 0.1) is 5.92 Å². The molecular formula is C25H35N3O3. The fraction of sp³-hybridized carbons (Fsp3) is 0.440. The van der Waals surface area contributed by atoms with E-state index in [0.29, 0.717) is 6.54 Å². The first kappa shape index (κ1) is 24.4. The molecule has 0 radical (unpaired) electrons. The van der Waals surface area contributed by atoms with Gasteiger partial charge in [-0.25, -0.2) is 4.79 Å². The number of carbonyl (C=O) groups excluding carboxylic acids is 2. The first-order chi connectivity index (χ1) is 14.9. The highest BCUT2D eigenvalue weighted by Crippen LogP contribution is 2.12. The molecule has 0 aliphatic carbocycles. The van der Waals surface area contributed by atoms with Gasteiger partial charge in [0.15, 0.2) is 0 Å². The van der Waals surface area contributed by atoms with Crippen LogP contribution in [0.25, 0.3) is 0 Å². The minimum atomic E-state index is -0.668. The Morgan fingerprint density at radius 1 is 0.935 bits per heavy atom. The Morgan fingerprint density at radius 3 is 2.16 bits per heavy atom. The Balaban J connectivity index is 1.93. The van der Waals surface area contributed by atoms with E-state index >= 15 is 0 Å². The number of nitrogens with one attached hydrogen (secondary N) is 2. The average Bonchev–Trinajstić information content (AvgIpc) is 2.79. The van der Waals surface area contributed by atoms with Gasteiger partial charge in [-0.15, -0.1) is 0 Å². The smallest absolute Gasteiger partial charge is 0.408 e. The van der Waals surface area contributed by atoms with E-state index in [1.165, 1.54) is 5.56 Å². The molecule has 2 amide bonds. The Bertz CT molecular complexity index is 820. The molecule has 0 bridgehead atoms. The number of benzene rings is 2. The van der Waals surface area contributed by atoms with Crippen molar-refractivity contribution in [2.24, 2.45) is 5.92 Å². The standard InChI is InChI=1S/C25H35N3O3/c1-5-28(6-2)17-22-15-11-10-14-21(22)16-26-24(29)23(19(3)4)27-25(30)31-18-20-12-8-7-9-13-20/h7-15,19,23H,5-6,16-18H2,1-4H3,(H,26,29)(H,27,30)/t23-/m0/s1. The third-order valence-corrected chi connectivity index (χ3v) is 5.30. The minimum absolute atomic E-state index is 0.0739. The summed E-state index contributed by atoms with van der Waals surface area (Å²) >= 11 is 0.